The quantitative estimate of drug-likeness (QED) is 0.402. The van der Waals surface area contributed by atoms with Gasteiger partial charge in [0.15, 0.2) is 0 Å². The summed E-state index contributed by atoms with van der Waals surface area (Å²) in [6.07, 6.45) is -3.20. The fraction of sp³-hybridized carbons (Fsp3) is 1.00. The molecule has 80 valence electrons. The first-order valence-corrected chi connectivity index (χ1v) is 4.13. The number of nitrogens with zero attached hydrogens (tertiary/aromatic N) is 3. The molecule has 0 bridgehead atoms. The highest BCUT2D eigenvalue weighted by molar-refractivity contribution is 4.84. The molecule has 7 heteroatoms. The molecule has 1 heterocycles. The highest BCUT2D eigenvalue weighted by atomic mass is 19.3. The molecule has 0 amide bonds. The Kier molecular flexibility index (Phi) is 3.62. The molecule has 2 atom stereocenters. The van der Waals surface area contributed by atoms with Crippen LogP contribution in [0.3, 0.4) is 0 Å². The second-order valence-electron chi connectivity index (χ2n) is 3.28. The zero-order valence-corrected chi connectivity index (χ0v) is 7.69. The second kappa shape index (κ2) is 4.54. The first kappa shape index (κ1) is 11.2. The van der Waals surface area contributed by atoms with E-state index in [1.165, 1.54) is 6.92 Å². The van der Waals surface area contributed by atoms with E-state index in [2.05, 4.69) is 10.0 Å². The van der Waals surface area contributed by atoms with Crippen LogP contribution in [0.15, 0.2) is 5.11 Å². The Balaban J connectivity index is 2.54. The van der Waals surface area contributed by atoms with Gasteiger partial charge < -0.3 is 9.47 Å². The van der Waals surface area contributed by atoms with E-state index in [-0.39, 0.29) is 19.8 Å². The lowest BCUT2D eigenvalue weighted by Crippen LogP contribution is -2.51. The highest BCUT2D eigenvalue weighted by Crippen LogP contribution is 2.26. The third-order valence-electron chi connectivity index (χ3n) is 1.94. The Labute approximate surface area is 79.6 Å². The molecule has 0 aromatic rings. The average Bonchev–Trinajstić information content (AvgIpc) is 2.15. The van der Waals surface area contributed by atoms with Gasteiger partial charge in [-0.25, -0.2) is 8.78 Å². The van der Waals surface area contributed by atoms with Crippen LogP contribution in [-0.2, 0) is 9.47 Å². The Hall–Kier alpha value is -0.910. The predicted octanol–water partition coefficient (Wildman–Crippen LogP) is 1.74. The van der Waals surface area contributed by atoms with E-state index >= 15 is 0 Å². The van der Waals surface area contributed by atoms with E-state index < -0.39 is 18.1 Å². The van der Waals surface area contributed by atoms with Crippen molar-refractivity contribution in [3.63, 3.8) is 0 Å². The summed E-state index contributed by atoms with van der Waals surface area (Å²) < 4.78 is 35.0. The number of azide groups is 1. The number of ether oxygens (including phenoxy) is 2. The smallest absolute Gasteiger partial charge is 0.269 e. The molecule has 0 aliphatic carbocycles. The van der Waals surface area contributed by atoms with E-state index in [1.54, 1.807) is 0 Å². The van der Waals surface area contributed by atoms with Crippen molar-refractivity contribution in [3.05, 3.63) is 10.4 Å². The van der Waals surface area contributed by atoms with Gasteiger partial charge in [0.1, 0.15) is 5.60 Å². The van der Waals surface area contributed by atoms with E-state index in [9.17, 15) is 8.78 Å². The van der Waals surface area contributed by atoms with Crippen LogP contribution in [0.5, 0.6) is 0 Å². The van der Waals surface area contributed by atoms with Crippen LogP contribution in [-0.4, -0.2) is 37.9 Å². The summed E-state index contributed by atoms with van der Waals surface area (Å²) in [5.74, 6) is 0. The summed E-state index contributed by atoms with van der Waals surface area (Å²) >= 11 is 0. The van der Waals surface area contributed by atoms with Crippen LogP contribution >= 0.6 is 0 Å². The summed E-state index contributed by atoms with van der Waals surface area (Å²) in [6.45, 7) is 1.33. The molecule has 0 radical (unpaired) electrons. The minimum atomic E-state index is -2.61. The summed E-state index contributed by atoms with van der Waals surface area (Å²) in [4.78, 5) is 2.52. The van der Waals surface area contributed by atoms with Gasteiger partial charge in [-0.05, 0) is 12.5 Å². The van der Waals surface area contributed by atoms with Crippen molar-refractivity contribution in [1.82, 2.24) is 0 Å². The maximum absolute atomic E-state index is 12.5. The Morgan fingerprint density at radius 2 is 2.43 bits per heavy atom. The third kappa shape index (κ3) is 2.54. The fourth-order valence-electron chi connectivity index (χ4n) is 1.17. The van der Waals surface area contributed by atoms with E-state index in [1.807, 2.05) is 0 Å². The number of hydrogen-bond donors (Lipinski definition) is 0. The molecule has 5 nitrogen and oxygen atoms in total. The Morgan fingerprint density at radius 3 is 3.00 bits per heavy atom. The topological polar surface area (TPSA) is 67.2 Å². The van der Waals surface area contributed by atoms with Gasteiger partial charge in [-0.3, -0.25) is 0 Å². The monoisotopic (exact) mass is 207 g/mol. The predicted molar refractivity (Wildman–Crippen MR) is 44.1 cm³/mol. The van der Waals surface area contributed by atoms with Crippen molar-refractivity contribution in [2.45, 2.75) is 25.1 Å². The van der Waals surface area contributed by atoms with Crippen molar-refractivity contribution < 1.29 is 18.3 Å². The zero-order chi connectivity index (χ0) is 10.6. The lowest BCUT2D eigenvalue weighted by atomic mass is 10.1. The van der Waals surface area contributed by atoms with Crippen molar-refractivity contribution in [2.24, 2.45) is 5.11 Å². The van der Waals surface area contributed by atoms with Gasteiger partial charge in [-0.1, -0.05) is 5.11 Å². The molecular weight excluding hydrogens is 196 g/mol. The van der Waals surface area contributed by atoms with Gasteiger partial charge in [-0.2, -0.15) is 0 Å². The van der Waals surface area contributed by atoms with Crippen molar-refractivity contribution >= 4 is 0 Å². The fourth-order valence-corrected chi connectivity index (χ4v) is 1.17. The first-order valence-electron chi connectivity index (χ1n) is 4.13. The van der Waals surface area contributed by atoms with Gasteiger partial charge in [0.2, 0.25) is 0 Å². The largest absolute Gasteiger partial charge is 0.376 e. The Bertz CT molecular complexity index is 245. The van der Waals surface area contributed by atoms with Crippen LogP contribution in [0.4, 0.5) is 8.78 Å². The molecule has 0 aromatic carbocycles. The standard InChI is InChI=1S/C7H11F2N3O2/c1-7(6(8)9)4-13-3-5(14-7)2-11-12-10/h5-6H,2-4H2,1H3. The van der Waals surface area contributed by atoms with Crippen LogP contribution in [0, 0.1) is 0 Å². The molecule has 0 aromatic heterocycles. The molecule has 1 saturated heterocycles. The van der Waals surface area contributed by atoms with Crippen LogP contribution in [0.25, 0.3) is 10.4 Å². The van der Waals surface area contributed by atoms with Crippen LogP contribution in [0.1, 0.15) is 6.92 Å². The van der Waals surface area contributed by atoms with E-state index in [4.69, 9.17) is 15.0 Å². The van der Waals surface area contributed by atoms with Gasteiger partial charge >= 0.3 is 0 Å². The maximum atomic E-state index is 12.5. The zero-order valence-electron chi connectivity index (χ0n) is 7.69. The van der Waals surface area contributed by atoms with Crippen molar-refractivity contribution in [1.29, 1.82) is 0 Å². The number of rotatable bonds is 3. The summed E-state index contributed by atoms with van der Waals surface area (Å²) in [6, 6.07) is 0. The SMILES string of the molecule is CC1(C(F)F)COCC(CN=[N+]=[N-])O1. The highest BCUT2D eigenvalue weighted by Gasteiger charge is 2.41. The van der Waals surface area contributed by atoms with E-state index in [0.717, 1.165) is 0 Å². The lowest BCUT2D eigenvalue weighted by Gasteiger charge is -2.37. The van der Waals surface area contributed by atoms with Gasteiger partial charge in [0.05, 0.1) is 25.9 Å². The summed E-state index contributed by atoms with van der Waals surface area (Å²) in [5, 5.41) is 3.25. The molecular formula is C7H11F2N3O2. The molecule has 14 heavy (non-hydrogen) atoms. The molecule has 0 spiro atoms. The molecule has 1 rings (SSSR count). The van der Waals surface area contributed by atoms with Crippen LogP contribution in [0.2, 0.25) is 0 Å². The summed E-state index contributed by atoms with van der Waals surface area (Å²) in [5.41, 5.74) is 6.46. The van der Waals surface area contributed by atoms with Crippen molar-refractivity contribution in [3.8, 4) is 0 Å². The number of halogens is 2. The van der Waals surface area contributed by atoms with E-state index in [0.29, 0.717) is 0 Å². The lowest BCUT2D eigenvalue weighted by molar-refractivity contribution is -0.233. The second-order valence-corrected chi connectivity index (χ2v) is 3.28. The normalized spacial score (nSPS) is 32.7. The molecule has 1 aliphatic heterocycles. The number of hydrogen-bond acceptors (Lipinski definition) is 3. The van der Waals surface area contributed by atoms with Gasteiger partial charge in [0, 0.05) is 4.91 Å². The van der Waals surface area contributed by atoms with Gasteiger partial charge in [-0.15, -0.1) is 0 Å². The van der Waals surface area contributed by atoms with Crippen LogP contribution < -0.4 is 0 Å². The number of alkyl halides is 2. The molecule has 1 fully saturated rings. The molecule has 0 saturated carbocycles. The van der Waals surface area contributed by atoms with Gasteiger partial charge in [0.25, 0.3) is 6.43 Å². The maximum Gasteiger partial charge on any atom is 0.269 e. The summed E-state index contributed by atoms with van der Waals surface area (Å²) in [7, 11) is 0. The molecule has 0 N–H and O–H groups in total. The average molecular weight is 207 g/mol. The minimum Gasteiger partial charge on any atom is -0.376 e. The third-order valence-corrected chi connectivity index (χ3v) is 1.94. The molecule has 1 aliphatic rings. The first-order chi connectivity index (χ1) is 6.58. The molecule has 2 unspecified atom stereocenters. The van der Waals surface area contributed by atoms with Crippen molar-refractivity contribution in [2.75, 3.05) is 19.8 Å². The Morgan fingerprint density at radius 1 is 1.71 bits per heavy atom. The minimum absolute atomic E-state index is 0.0127.